The van der Waals surface area contributed by atoms with Crippen molar-refractivity contribution in [2.45, 2.75) is 13.2 Å². The van der Waals surface area contributed by atoms with E-state index in [2.05, 4.69) is 12.0 Å². The van der Waals surface area contributed by atoms with E-state index in [1.165, 1.54) is 0 Å². The van der Waals surface area contributed by atoms with Crippen molar-refractivity contribution in [2.24, 2.45) is 5.84 Å². The smallest absolute Gasteiger partial charge is 0.138 e. The average Bonchev–Trinajstić information content (AvgIpc) is 1.65. The number of rotatable bonds is 2. The Kier molecular flexibility index (Phi) is 2.59. The number of hydrogen-bond acceptors (Lipinski definition) is 3. The summed E-state index contributed by atoms with van der Waals surface area (Å²) in [6.45, 7) is 5.12. The molecule has 7 heavy (non-hydrogen) atoms. The summed E-state index contributed by atoms with van der Waals surface area (Å²) in [6, 6.07) is 0. The van der Waals surface area contributed by atoms with E-state index in [0.29, 0.717) is 5.57 Å². The molecule has 0 bridgehead atoms. The number of aliphatic hydroxyl groups is 1. The molecule has 0 saturated carbocycles. The highest BCUT2D eigenvalue weighted by Gasteiger charge is 1.95. The van der Waals surface area contributed by atoms with Crippen LogP contribution in [0.4, 0.5) is 0 Å². The fourth-order valence-electron chi connectivity index (χ4n) is 0.142. The first-order valence-electron chi connectivity index (χ1n) is 1.98. The van der Waals surface area contributed by atoms with E-state index in [1.54, 1.807) is 6.92 Å². The molecule has 0 amide bonds. The van der Waals surface area contributed by atoms with Crippen molar-refractivity contribution >= 4 is 0 Å². The Bertz CT molecular complexity index is 72.1. The lowest BCUT2D eigenvalue weighted by Crippen LogP contribution is -2.35. The molecule has 4 N–H and O–H groups in total. The van der Waals surface area contributed by atoms with Crippen molar-refractivity contribution in [2.75, 3.05) is 0 Å². The van der Waals surface area contributed by atoms with Gasteiger partial charge in [0.05, 0.1) is 0 Å². The lowest BCUT2D eigenvalue weighted by atomic mass is 10.3. The van der Waals surface area contributed by atoms with Crippen LogP contribution in [0.1, 0.15) is 6.92 Å². The summed E-state index contributed by atoms with van der Waals surface area (Å²) >= 11 is 0. The standard InChI is InChI=1S/C4H10N2O/c1-3(2)4(7)6-5/h4,6-7H,1,5H2,2H3. The van der Waals surface area contributed by atoms with Gasteiger partial charge in [-0.05, 0) is 12.5 Å². The summed E-state index contributed by atoms with van der Waals surface area (Å²) in [5.74, 6) is 4.81. The van der Waals surface area contributed by atoms with Crippen LogP contribution in [0.5, 0.6) is 0 Å². The van der Waals surface area contributed by atoms with Crippen LogP contribution in [0.3, 0.4) is 0 Å². The summed E-state index contributed by atoms with van der Waals surface area (Å²) in [4.78, 5) is 0. The second-order valence-corrected chi connectivity index (χ2v) is 1.42. The van der Waals surface area contributed by atoms with Crippen LogP contribution in [0.2, 0.25) is 0 Å². The van der Waals surface area contributed by atoms with Gasteiger partial charge in [-0.1, -0.05) is 6.58 Å². The molecule has 0 heterocycles. The molecule has 1 unspecified atom stereocenters. The predicted molar refractivity (Wildman–Crippen MR) is 28.1 cm³/mol. The summed E-state index contributed by atoms with van der Waals surface area (Å²) in [6.07, 6.45) is -0.764. The minimum Gasteiger partial charge on any atom is -0.373 e. The first kappa shape index (κ1) is 6.62. The van der Waals surface area contributed by atoms with Gasteiger partial charge in [0.1, 0.15) is 6.23 Å². The molecule has 0 aromatic heterocycles. The molecule has 0 aliphatic rings. The number of nitrogens with two attached hydrogens (primary N) is 1. The lowest BCUT2D eigenvalue weighted by Gasteiger charge is -2.05. The number of hydrazine groups is 1. The third kappa shape index (κ3) is 2.33. The molecular weight excluding hydrogens is 92.1 g/mol. The summed E-state index contributed by atoms with van der Waals surface area (Å²) in [7, 11) is 0. The first-order chi connectivity index (χ1) is 3.18. The van der Waals surface area contributed by atoms with Crippen LogP contribution >= 0.6 is 0 Å². The normalized spacial score (nSPS) is 13.6. The van der Waals surface area contributed by atoms with Crippen LogP contribution in [-0.4, -0.2) is 11.3 Å². The molecule has 0 aliphatic carbocycles. The average molecular weight is 102 g/mol. The van der Waals surface area contributed by atoms with E-state index < -0.39 is 6.23 Å². The molecule has 1 atom stereocenters. The predicted octanol–water partition coefficient (Wildman–Crippen LogP) is -0.656. The highest BCUT2D eigenvalue weighted by Crippen LogP contribution is 1.88. The van der Waals surface area contributed by atoms with Gasteiger partial charge in [-0.3, -0.25) is 5.84 Å². The molecule has 0 aromatic carbocycles. The summed E-state index contributed by atoms with van der Waals surface area (Å²) in [5, 5.41) is 8.60. The van der Waals surface area contributed by atoms with E-state index in [-0.39, 0.29) is 0 Å². The Morgan fingerprint density at radius 3 is 2.43 bits per heavy atom. The van der Waals surface area contributed by atoms with Crippen LogP contribution in [0.25, 0.3) is 0 Å². The Morgan fingerprint density at radius 2 is 2.43 bits per heavy atom. The van der Waals surface area contributed by atoms with Crippen LogP contribution < -0.4 is 11.3 Å². The van der Waals surface area contributed by atoms with Crippen LogP contribution in [-0.2, 0) is 0 Å². The fourth-order valence-corrected chi connectivity index (χ4v) is 0.142. The molecule has 0 aliphatic heterocycles. The summed E-state index contributed by atoms with van der Waals surface area (Å²) in [5.41, 5.74) is 2.73. The van der Waals surface area contributed by atoms with Gasteiger partial charge in [-0.2, -0.15) is 0 Å². The topological polar surface area (TPSA) is 58.3 Å². The molecule has 3 nitrogen and oxygen atoms in total. The van der Waals surface area contributed by atoms with Crippen molar-refractivity contribution in [3.05, 3.63) is 12.2 Å². The fraction of sp³-hybridized carbons (Fsp3) is 0.500. The van der Waals surface area contributed by atoms with Gasteiger partial charge in [0, 0.05) is 0 Å². The largest absolute Gasteiger partial charge is 0.373 e. The minimum atomic E-state index is -0.764. The Hall–Kier alpha value is -0.380. The van der Waals surface area contributed by atoms with Gasteiger partial charge >= 0.3 is 0 Å². The van der Waals surface area contributed by atoms with E-state index >= 15 is 0 Å². The second-order valence-electron chi connectivity index (χ2n) is 1.42. The van der Waals surface area contributed by atoms with Gasteiger partial charge in [-0.25, -0.2) is 5.43 Å². The molecule has 42 valence electrons. The van der Waals surface area contributed by atoms with Crippen LogP contribution in [0, 0.1) is 0 Å². The molecule has 0 rings (SSSR count). The zero-order valence-electron chi connectivity index (χ0n) is 4.31. The maximum Gasteiger partial charge on any atom is 0.138 e. The van der Waals surface area contributed by atoms with E-state index in [4.69, 9.17) is 10.9 Å². The molecule has 3 heteroatoms. The van der Waals surface area contributed by atoms with Gasteiger partial charge in [0.15, 0.2) is 0 Å². The maximum atomic E-state index is 8.60. The van der Waals surface area contributed by atoms with Gasteiger partial charge in [0.2, 0.25) is 0 Å². The Balaban J connectivity index is 3.34. The van der Waals surface area contributed by atoms with Crippen molar-refractivity contribution in [1.29, 1.82) is 0 Å². The van der Waals surface area contributed by atoms with Crippen LogP contribution in [0.15, 0.2) is 12.2 Å². The first-order valence-corrected chi connectivity index (χ1v) is 1.98. The van der Waals surface area contributed by atoms with Gasteiger partial charge in [0.25, 0.3) is 0 Å². The molecule has 0 spiro atoms. The molecular formula is C4H10N2O. The monoisotopic (exact) mass is 102 g/mol. The van der Waals surface area contributed by atoms with E-state index in [1.807, 2.05) is 0 Å². The van der Waals surface area contributed by atoms with Crippen molar-refractivity contribution in [3.8, 4) is 0 Å². The third-order valence-electron chi connectivity index (χ3n) is 0.625. The van der Waals surface area contributed by atoms with Crippen molar-refractivity contribution < 1.29 is 5.11 Å². The Labute approximate surface area is 42.8 Å². The van der Waals surface area contributed by atoms with E-state index in [0.717, 1.165) is 0 Å². The highest BCUT2D eigenvalue weighted by molar-refractivity contribution is 4.93. The minimum absolute atomic E-state index is 0.613. The maximum absolute atomic E-state index is 8.60. The number of aliphatic hydroxyl groups excluding tert-OH is 1. The van der Waals surface area contributed by atoms with Crippen molar-refractivity contribution in [1.82, 2.24) is 5.43 Å². The zero-order valence-corrected chi connectivity index (χ0v) is 4.31. The second kappa shape index (κ2) is 2.74. The quantitative estimate of drug-likeness (QED) is 0.188. The molecule has 0 aromatic rings. The molecule has 0 radical (unpaired) electrons. The number of hydrogen-bond donors (Lipinski definition) is 3. The Morgan fingerprint density at radius 1 is 2.00 bits per heavy atom. The summed E-state index contributed by atoms with van der Waals surface area (Å²) < 4.78 is 0. The third-order valence-corrected chi connectivity index (χ3v) is 0.625. The molecule has 0 saturated heterocycles. The lowest BCUT2D eigenvalue weighted by molar-refractivity contribution is 0.174. The van der Waals surface area contributed by atoms with Crippen molar-refractivity contribution in [3.63, 3.8) is 0 Å². The molecule has 0 fully saturated rings. The number of nitrogens with one attached hydrogen (secondary N) is 1. The zero-order chi connectivity index (χ0) is 5.86. The van der Waals surface area contributed by atoms with Gasteiger partial charge < -0.3 is 5.11 Å². The van der Waals surface area contributed by atoms with Gasteiger partial charge in [-0.15, -0.1) is 0 Å². The highest BCUT2D eigenvalue weighted by atomic mass is 16.3. The van der Waals surface area contributed by atoms with E-state index in [9.17, 15) is 0 Å². The SMILES string of the molecule is C=C(C)C(O)NN.